The van der Waals surface area contributed by atoms with Crippen LogP contribution < -0.4 is 0 Å². The minimum atomic E-state index is 0.559. The molecule has 1 heterocycles. The molecule has 0 aliphatic carbocycles. The Kier molecular flexibility index (Phi) is 4.57. The highest BCUT2D eigenvalue weighted by Gasteiger charge is 2.09. The summed E-state index contributed by atoms with van der Waals surface area (Å²) in [6.07, 6.45) is 1.76. The average molecular weight is 293 g/mol. The van der Waals surface area contributed by atoms with E-state index in [1.54, 1.807) is 19.2 Å². The van der Waals surface area contributed by atoms with E-state index in [1.807, 2.05) is 13.0 Å². The SMILES string of the molecule is CC(=NC#N)c1ccc(C(C)=Nc2c(C)cc(C)cc2C)o1. The van der Waals surface area contributed by atoms with Gasteiger partial charge in [0, 0.05) is 0 Å². The first-order valence-corrected chi connectivity index (χ1v) is 7.09. The lowest BCUT2D eigenvalue weighted by Gasteiger charge is -2.07. The molecule has 0 N–H and O–H groups in total. The van der Waals surface area contributed by atoms with E-state index >= 15 is 0 Å². The summed E-state index contributed by atoms with van der Waals surface area (Å²) in [6, 6.07) is 7.90. The summed E-state index contributed by atoms with van der Waals surface area (Å²) in [5.74, 6) is 1.27. The molecule has 112 valence electrons. The maximum absolute atomic E-state index is 8.59. The number of hydrogen-bond donors (Lipinski definition) is 0. The van der Waals surface area contributed by atoms with Gasteiger partial charge in [0.25, 0.3) is 0 Å². The Labute approximate surface area is 130 Å². The lowest BCUT2D eigenvalue weighted by molar-refractivity contribution is 0.548. The molecule has 2 aromatic rings. The number of nitriles is 1. The number of aryl methyl sites for hydroxylation is 3. The standard InChI is InChI=1S/C18H19N3O/c1-11-8-12(2)18(13(3)9-11)21-15(5)17-7-6-16(22-17)14(4)20-10-19/h6-9H,1-5H3. The molecule has 0 bridgehead atoms. The first-order chi connectivity index (χ1) is 10.4. The predicted molar refractivity (Wildman–Crippen MR) is 89.1 cm³/mol. The summed E-state index contributed by atoms with van der Waals surface area (Å²) >= 11 is 0. The second-order valence-electron chi connectivity index (χ2n) is 5.41. The van der Waals surface area contributed by atoms with Crippen LogP contribution in [0, 0.1) is 32.2 Å². The maximum Gasteiger partial charge on any atom is 0.206 e. The fourth-order valence-corrected chi connectivity index (χ4v) is 2.43. The monoisotopic (exact) mass is 293 g/mol. The molecule has 0 aliphatic heterocycles. The zero-order valence-corrected chi connectivity index (χ0v) is 13.6. The van der Waals surface area contributed by atoms with Crippen molar-refractivity contribution in [1.29, 1.82) is 5.26 Å². The Balaban J connectivity index is 2.39. The number of nitrogens with zero attached hydrogens (tertiary/aromatic N) is 3. The van der Waals surface area contributed by atoms with E-state index in [-0.39, 0.29) is 0 Å². The summed E-state index contributed by atoms with van der Waals surface area (Å²) in [4.78, 5) is 8.38. The molecule has 4 heteroatoms. The van der Waals surface area contributed by atoms with E-state index in [0.29, 0.717) is 17.2 Å². The van der Waals surface area contributed by atoms with Crippen LogP contribution in [0.1, 0.15) is 42.1 Å². The van der Waals surface area contributed by atoms with Gasteiger partial charge in [0.1, 0.15) is 11.5 Å². The van der Waals surface area contributed by atoms with Crippen LogP contribution >= 0.6 is 0 Å². The molecule has 2 rings (SSSR count). The third kappa shape index (κ3) is 3.32. The molecule has 0 unspecified atom stereocenters. The smallest absolute Gasteiger partial charge is 0.206 e. The number of furan rings is 1. The third-order valence-electron chi connectivity index (χ3n) is 3.45. The largest absolute Gasteiger partial charge is 0.454 e. The summed E-state index contributed by atoms with van der Waals surface area (Å²) in [6.45, 7) is 9.86. The van der Waals surface area contributed by atoms with Crippen LogP contribution in [-0.4, -0.2) is 11.4 Å². The van der Waals surface area contributed by atoms with Crippen LogP contribution in [0.4, 0.5) is 5.69 Å². The number of aliphatic imine (C=N–C) groups is 2. The van der Waals surface area contributed by atoms with Crippen LogP contribution in [0.3, 0.4) is 0 Å². The van der Waals surface area contributed by atoms with Crippen molar-refractivity contribution >= 4 is 17.1 Å². The van der Waals surface area contributed by atoms with E-state index in [4.69, 9.17) is 14.7 Å². The Morgan fingerprint density at radius 2 is 1.55 bits per heavy atom. The van der Waals surface area contributed by atoms with E-state index < -0.39 is 0 Å². The second kappa shape index (κ2) is 6.40. The summed E-state index contributed by atoms with van der Waals surface area (Å²) in [5, 5.41) is 8.59. The molecule has 0 aliphatic rings. The van der Waals surface area contributed by atoms with Gasteiger partial charge in [-0.15, -0.1) is 0 Å². The second-order valence-corrected chi connectivity index (χ2v) is 5.41. The number of rotatable bonds is 3. The number of benzene rings is 1. The van der Waals surface area contributed by atoms with E-state index in [0.717, 1.165) is 22.5 Å². The molecule has 0 atom stereocenters. The van der Waals surface area contributed by atoms with Gasteiger partial charge in [0.2, 0.25) is 6.19 Å². The highest BCUT2D eigenvalue weighted by Crippen LogP contribution is 2.26. The third-order valence-corrected chi connectivity index (χ3v) is 3.45. The summed E-state index contributed by atoms with van der Waals surface area (Å²) < 4.78 is 5.72. The lowest BCUT2D eigenvalue weighted by atomic mass is 10.1. The molecule has 0 fully saturated rings. The van der Waals surface area contributed by atoms with Gasteiger partial charge in [-0.2, -0.15) is 10.3 Å². The molecule has 1 aromatic heterocycles. The van der Waals surface area contributed by atoms with Crippen molar-refractivity contribution in [2.45, 2.75) is 34.6 Å². The van der Waals surface area contributed by atoms with Crippen molar-refractivity contribution < 1.29 is 4.42 Å². The van der Waals surface area contributed by atoms with E-state index in [2.05, 4.69) is 37.9 Å². The summed E-state index contributed by atoms with van der Waals surface area (Å²) in [5.41, 5.74) is 5.85. The highest BCUT2D eigenvalue weighted by molar-refractivity contribution is 6.01. The molecule has 4 nitrogen and oxygen atoms in total. The van der Waals surface area contributed by atoms with Gasteiger partial charge >= 0.3 is 0 Å². The Bertz CT molecular complexity index is 781. The molecule has 0 radical (unpaired) electrons. The summed E-state index contributed by atoms with van der Waals surface area (Å²) in [7, 11) is 0. The first kappa shape index (κ1) is 15.7. The first-order valence-electron chi connectivity index (χ1n) is 7.09. The molecular formula is C18H19N3O. The van der Waals surface area contributed by atoms with Gasteiger partial charge in [0.15, 0.2) is 0 Å². The molecule has 0 amide bonds. The van der Waals surface area contributed by atoms with Crippen LogP contribution in [0.15, 0.2) is 38.7 Å². The maximum atomic E-state index is 8.59. The van der Waals surface area contributed by atoms with Crippen molar-refractivity contribution in [3.8, 4) is 6.19 Å². The molecule has 1 aromatic carbocycles. The molecular weight excluding hydrogens is 274 g/mol. The molecule has 0 saturated carbocycles. The Morgan fingerprint density at radius 1 is 1.00 bits per heavy atom. The van der Waals surface area contributed by atoms with Crippen LogP contribution in [0.2, 0.25) is 0 Å². The fourth-order valence-electron chi connectivity index (χ4n) is 2.43. The van der Waals surface area contributed by atoms with Gasteiger partial charge in [0.05, 0.1) is 17.1 Å². The van der Waals surface area contributed by atoms with E-state index in [1.165, 1.54) is 5.56 Å². The molecule has 22 heavy (non-hydrogen) atoms. The minimum absolute atomic E-state index is 0.559. The van der Waals surface area contributed by atoms with Crippen molar-refractivity contribution in [2.24, 2.45) is 9.98 Å². The Morgan fingerprint density at radius 3 is 2.09 bits per heavy atom. The van der Waals surface area contributed by atoms with Crippen molar-refractivity contribution in [3.63, 3.8) is 0 Å². The lowest BCUT2D eigenvalue weighted by Crippen LogP contribution is -1.94. The van der Waals surface area contributed by atoms with Gasteiger partial charge < -0.3 is 4.42 Å². The zero-order chi connectivity index (χ0) is 16.3. The van der Waals surface area contributed by atoms with Gasteiger partial charge in [-0.1, -0.05) is 17.7 Å². The quantitative estimate of drug-likeness (QED) is 0.611. The fraction of sp³-hybridized carbons (Fsp3) is 0.278. The highest BCUT2D eigenvalue weighted by atomic mass is 16.3. The Hall–Kier alpha value is -2.67. The van der Waals surface area contributed by atoms with Crippen LogP contribution in [-0.2, 0) is 0 Å². The zero-order valence-electron chi connectivity index (χ0n) is 13.6. The molecule has 0 spiro atoms. The minimum Gasteiger partial charge on any atom is -0.454 e. The normalized spacial score (nSPS) is 12.4. The van der Waals surface area contributed by atoms with Crippen molar-refractivity contribution in [2.75, 3.05) is 0 Å². The van der Waals surface area contributed by atoms with Gasteiger partial charge in [-0.3, -0.25) is 0 Å². The predicted octanol–water partition coefficient (Wildman–Crippen LogP) is 4.64. The van der Waals surface area contributed by atoms with Crippen molar-refractivity contribution in [1.82, 2.24) is 0 Å². The molecule has 0 saturated heterocycles. The van der Waals surface area contributed by atoms with Crippen molar-refractivity contribution in [3.05, 3.63) is 52.5 Å². The topological polar surface area (TPSA) is 61.6 Å². The average Bonchev–Trinajstić information content (AvgIpc) is 2.92. The van der Waals surface area contributed by atoms with Crippen LogP contribution in [0.25, 0.3) is 0 Å². The van der Waals surface area contributed by atoms with E-state index in [9.17, 15) is 0 Å². The van der Waals surface area contributed by atoms with Crippen LogP contribution in [0.5, 0.6) is 0 Å². The number of hydrogen-bond acceptors (Lipinski definition) is 4. The van der Waals surface area contributed by atoms with Gasteiger partial charge in [-0.25, -0.2) is 4.99 Å². The van der Waals surface area contributed by atoms with Gasteiger partial charge in [-0.05, 0) is 57.9 Å².